The fourth-order valence-electron chi connectivity index (χ4n) is 1.10. The molecule has 0 aromatic rings. The molecule has 0 amide bonds. The lowest BCUT2D eigenvalue weighted by molar-refractivity contribution is 0.452. The zero-order valence-electron chi connectivity index (χ0n) is 6.28. The van der Waals surface area contributed by atoms with Gasteiger partial charge in [-0.3, -0.25) is 0 Å². The van der Waals surface area contributed by atoms with E-state index in [0.717, 1.165) is 0 Å². The highest BCUT2D eigenvalue weighted by atomic mass is 32.2. The van der Waals surface area contributed by atoms with Crippen LogP contribution in [0.5, 0.6) is 0 Å². The predicted molar refractivity (Wildman–Crippen MR) is 45.7 cm³/mol. The molecule has 11 heavy (non-hydrogen) atoms. The smallest absolute Gasteiger partial charge is 0.0973 e. The molecule has 3 heteroatoms. The lowest BCUT2D eigenvalue weighted by Gasteiger charge is -2.12. The van der Waals surface area contributed by atoms with Crippen molar-refractivity contribution in [2.75, 3.05) is 12.8 Å². The van der Waals surface area contributed by atoms with Crippen molar-refractivity contribution < 1.29 is 4.21 Å². The second-order valence-corrected chi connectivity index (χ2v) is 3.97. The normalized spacial score (nSPS) is 37.9. The molecule has 1 aliphatic rings. The Balaban J connectivity index is 2.85. The molecule has 58 valence electrons. The third-order valence-corrected chi connectivity index (χ3v) is 3.31. The summed E-state index contributed by atoms with van der Waals surface area (Å²) in [6, 6.07) is -0.152. The molecule has 3 unspecified atom stereocenters. The maximum Gasteiger partial charge on any atom is 0.0973 e. The van der Waals surface area contributed by atoms with E-state index in [1.165, 1.54) is 0 Å². The molecule has 0 spiro atoms. The van der Waals surface area contributed by atoms with E-state index in [1.807, 2.05) is 0 Å². The summed E-state index contributed by atoms with van der Waals surface area (Å²) in [5.41, 5.74) is 0. The van der Waals surface area contributed by atoms with Crippen molar-refractivity contribution in [3.8, 4) is 24.7 Å². The van der Waals surface area contributed by atoms with Crippen molar-refractivity contribution in [3.05, 3.63) is 0 Å². The summed E-state index contributed by atoms with van der Waals surface area (Å²) in [5, 5.41) is 0. The minimum absolute atomic E-state index is 0.0502. The maximum absolute atomic E-state index is 11.2. The summed E-state index contributed by atoms with van der Waals surface area (Å²) in [6.07, 6.45) is 10.4. The first-order chi connectivity index (χ1) is 5.20. The van der Waals surface area contributed by atoms with Crippen molar-refractivity contribution in [1.82, 2.24) is 4.31 Å². The van der Waals surface area contributed by atoms with E-state index >= 15 is 0 Å². The van der Waals surface area contributed by atoms with Crippen LogP contribution in [0.3, 0.4) is 0 Å². The molecule has 1 heterocycles. The highest BCUT2D eigenvalue weighted by Crippen LogP contribution is 2.20. The van der Waals surface area contributed by atoms with E-state index < -0.39 is 11.0 Å². The van der Waals surface area contributed by atoms with Crippen molar-refractivity contribution in [2.24, 2.45) is 5.92 Å². The van der Waals surface area contributed by atoms with Gasteiger partial charge in [0.1, 0.15) is 0 Å². The lowest BCUT2D eigenvalue weighted by Crippen LogP contribution is -2.27. The first kappa shape index (κ1) is 8.33. The van der Waals surface area contributed by atoms with Gasteiger partial charge in [-0.25, -0.2) is 8.51 Å². The molecule has 1 aliphatic heterocycles. The quantitative estimate of drug-likeness (QED) is 0.459. The standard InChI is InChI=1S/C8H9NOS/c1-4-7-6-11(10)9(3)8(7)5-2/h1-2,7-8H,6H2,3H3. The molecule has 0 aliphatic carbocycles. The van der Waals surface area contributed by atoms with Crippen LogP contribution < -0.4 is 0 Å². The van der Waals surface area contributed by atoms with Gasteiger partial charge in [0.2, 0.25) is 0 Å². The minimum atomic E-state index is -0.979. The Bertz CT molecular complexity index is 260. The van der Waals surface area contributed by atoms with Gasteiger partial charge < -0.3 is 0 Å². The molecular formula is C8H9NOS. The predicted octanol–water partition coefficient (Wildman–Crippen LogP) is -0.153. The summed E-state index contributed by atoms with van der Waals surface area (Å²) < 4.78 is 12.8. The molecule has 2 nitrogen and oxygen atoms in total. The molecule has 1 saturated heterocycles. The molecule has 1 fully saturated rings. The van der Waals surface area contributed by atoms with Crippen LogP contribution in [0.15, 0.2) is 0 Å². The molecular weight excluding hydrogens is 158 g/mol. The highest BCUT2D eigenvalue weighted by Gasteiger charge is 2.34. The van der Waals surface area contributed by atoms with Crippen LogP contribution in [0, 0.1) is 30.6 Å². The van der Waals surface area contributed by atoms with Gasteiger partial charge >= 0.3 is 0 Å². The molecule has 0 aromatic heterocycles. The number of hydrogen-bond acceptors (Lipinski definition) is 1. The Labute approximate surface area is 69.6 Å². The number of rotatable bonds is 0. The van der Waals surface area contributed by atoms with Crippen molar-refractivity contribution in [3.63, 3.8) is 0 Å². The third-order valence-electron chi connectivity index (χ3n) is 1.80. The molecule has 0 radical (unpaired) electrons. The monoisotopic (exact) mass is 167 g/mol. The topological polar surface area (TPSA) is 20.3 Å². The zero-order valence-corrected chi connectivity index (χ0v) is 7.10. The summed E-state index contributed by atoms with van der Waals surface area (Å²) in [6.45, 7) is 0. The van der Waals surface area contributed by atoms with Crippen molar-refractivity contribution >= 4 is 11.0 Å². The van der Waals surface area contributed by atoms with Gasteiger partial charge in [-0.1, -0.05) is 11.8 Å². The Morgan fingerprint density at radius 2 is 2.18 bits per heavy atom. The van der Waals surface area contributed by atoms with Crippen LogP contribution >= 0.6 is 0 Å². The van der Waals surface area contributed by atoms with Gasteiger partial charge in [0.05, 0.1) is 28.7 Å². The fraction of sp³-hybridized carbons (Fsp3) is 0.500. The average Bonchev–Trinajstić information content (AvgIpc) is 2.28. The number of nitrogens with zero attached hydrogens (tertiary/aromatic N) is 1. The Morgan fingerprint density at radius 1 is 1.55 bits per heavy atom. The molecule has 0 saturated carbocycles. The Hall–Kier alpha value is -0.770. The zero-order chi connectivity index (χ0) is 8.43. The lowest BCUT2D eigenvalue weighted by atomic mass is 10.0. The summed E-state index contributed by atoms with van der Waals surface area (Å²) >= 11 is 0. The minimum Gasteiger partial charge on any atom is -0.243 e. The van der Waals surface area contributed by atoms with Crippen LogP contribution in [0.25, 0.3) is 0 Å². The van der Waals surface area contributed by atoms with E-state index in [2.05, 4.69) is 11.8 Å². The Morgan fingerprint density at radius 3 is 2.55 bits per heavy atom. The SMILES string of the molecule is C#CC1CS(=O)N(C)C1C#C. The van der Waals surface area contributed by atoms with Gasteiger partial charge in [0.25, 0.3) is 0 Å². The molecule has 1 rings (SSSR count). The molecule has 0 aromatic carbocycles. The average molecular weight is 167 g/mol. The summed E-state index contributed by atoms with van der Waals surface area (Å²) in [7, 11) is 0.755. The molecule has 3 atom stereocenters. The van der Waals surface area contributed by atoms with Gasteiger partial charge in [-0.2, -0.15) is 0 Å². The van der Waals surface area contributed by atoms with Crippen LogP contribution in [0.2, 0.25) is 0 Å². The van der Waals surface area contributed by atoms with Crippen molar-refractivity contribution in [1.29, 1.82) is 0 Å². The second kappa shape index (κ2) is 3.09. The molecule has 0 N–H and O–H groups in total. The van der Waals surface area contributed by atoms with Crippen LogP contribution in [-0.2, 0) is 11.0 Å². The summed E-state index contributed by atoms with van der Waals surface area (Å²) in [4.78, 5) is 0. The largest absolute Gasteiger partial charge is 0.243 e. The van der Waals surface area contributed by atoms with Crippen molar-refractivity contribution in [2.45, 2.75) is 6.04 Å². The van der Waals surface area contributed by atoms with E-state index in [0.29, 0.717) is 5.75 Å². The first-order valence-electron chi connectivity index (χ1n) is 3.24. The van der Waals surface area contributed by atoms with Gasteiger partial charge in [0, 0.05) is 7.05 Å². The summed E-state index contributed by atoms with van der Waals surface area (Å²) in [5.74, 6) is 5.54. The fourth-order valence-corrected chi connectivity index (χ4v) is 2.38. The molecule has 0 bridgehead atoms. The number of terminal acetylenes is 2. The maximum atomic E-state index is 11.2. The first-order valence-corrected chi connectivity index (χ1v) is 4.52. The van der Waals surface area contributed by atoms with Gasteiger partial charge in [0.15, 0.2) is 0 Å². The van der Waals surface area contributed by atoms with Crippen LogP contribution in [0.1, 0.15) is 0 Å². The third kappa shape index (κ3) is 1.30. The van der Waals surface area contributed by atoms with E-state index in [1.54, 1.807) is 11.4 Å². The number of hydrogen-bond donors (Lipinski definition) is 0. The van der Waals surface area contributed by atoms with Crippen LogP contribution in [0.4, 0.5) is 0 Å². The van der Waals surface area contributed by atoms with E-state index in [4.69, 9.17) is 12.8 Å². The van der Waals surface area contributed by atoms with Gasteiger partial charge in [-0.15, -0.1) is 12.8 Å². The second-order valence-electron chi connectivity index (χ2n) is 2.42. The Kier molecular flexibility index (Phi) is 2.34. The van der Waals surface area contributed by atoms with Crippen LogP contribution in [-0.4, -0.2) is 27.4 Å². The van der Waals surface area contributed by atoms with E-state index in [-0.39, 0.29) is 12.0 Å². The highest BCUT2D eigenvalue weighted by molar-refractivity contribution is 7.82. The van der Waals surface area contributed by atoms with E-state index in [9.17, 15) is 4.21 Å². The van der Waals surface area contributed by atoms with Gasteiger partial charge in [-0.05, 0) is 0 Å².